The molecule has 98 valence electrons. The molecular formula is C17H30. The summed E-state index contributed by atoms with van der Waals surface area (Å²) < 4.78 is 0. The zero-order valence-corrected chi connectivity index (χ0v) is 12.3. The van der Waals surface area contributed by atoms with Crippen LogP contribution in [0.15, 0.2) is 48.6 Å². The third-order valence-electron chi connectivity index (χ3n) is 2.49. The van der Waals surface area contributed by atoms with Crippen LogP contribution in [0.3, 0.4) is 0 Å². The third-order valence-corrected chi connectivity index (χ3v) is 2.49. The highest BCUT2D eigenvalue weighted by Gasteiger charge is 1.83. The first-order chi connectivity index (χ1) is 8.12. The Morgan fingerprint density at radius 3 is 2.00 bits per heavy atom. The number of hydrogen-bond donors (Lipinski definition) is 0. The number of allylic oxidation sites excluding steroid dienone is 6. The van der Waals surface area contributed by atoms with E-state index in [1.807, 2.05) is 12.2 Å². The molecule has 0 radical (unpaired) electrons. The van der Waals surface area contributed by atoms with Gasteiger partial charge < -0.3 is 0 Å². The van der Waals surface area contributed by atoms with E-state index in [9.17, 15) is 0 Å². The first kappa shape index (κ1) is 18.3. The van der Waals surface area contributed by atoms with Crippen LogP contribution >= 0.6 is 0 Å². The predicted octanol–water partition coefficient (Wildman–Crippen LogP) is 6.23. The Balaban J connectivity index is 0. The molecular weight excluding hydrogens is 204 g/mol. The van der Waals surface area contributed by atoms with Crippen molar-refractivity contribution in [3.63, 3.8) is 0 Å². The lowest BCUT2D eigenvalue weighted by Gasteiger charge is -1.94. The van der Waals surface area contributed by atoms with Crippen molar-refractivity contribution in [2.24, 2.45) is 0 Å². The predicted molar refractivity (Wildman–Crippen MR) is 82.3 cm³/mol. The Labute approximate surface area is 109 Å². The molecule has 0 rings (SSSR count). The normalized spacial score (nSPS) is 11.5. The van der Waals surface area contributed by atoms with Gasteiger partial charge in [0.05, 0.1) is 0 Å². The Kier molecular flexibility index (Phi) is 16.1. The highest BCUT2D eigenvalue weighted by molar-refractivity contribution is 4.99. The van der Waals surface area contributed by atoms with Crippen LogP contribution in [-0.2, 0) is 0 Å². The molecule has 0 aromatic carbocycles. The molecule has 0 amide bonds. The summed E-state index contributed by atoms with van der Waals surface area (Å²) in [4.78, 5) is 0. The molecule has 0 heterocycles. The van der Waals surface area contributed by atoms with Crippen LogP contribution in [0.5, 0.6) is 0 Å². The molecule has 0 heteroatoms. The maximum atomic E-state index is 3.67. The monoisotopic (exact) mass is 234 g/mol. The average molecular weight is 234 g/mol. The Morgan fingerprint density at radius 1 is 0.941 bits per heavy atom. The fourth-order valence-corrected chi connectivity index (χ4v) is 1.21. The molecule has 0 aromatic rings. The van der Waals surface area contributed by atoms with Crippen molar-refractivity contribution in [3.8, 4) is 0 Å². The lowest BCUT2D eigenvalue weighted by Crippen LogP contribution is -1.73. The molecule has 0 nitrogen and oxygen atoms in total. The summed E-state index contributed by atoms with van der Waals surface area (Å²) in [6.07, 6.45) is 14.0. The van der Waals surface area contributed by atoms with E-state index in [0.717, 1.165) is 25.7 Å². The van der Waals surface area contributed by atoms with Crippen molar-refractivity contribution < 1.29 is 0 Å². The van der Waals surface area contributed by atoms with E-state index in [-0.39, 0.29) is 0 Å². The summed E-state index contributed by atoms with van der Waals surface area (Å²) in [5, 5.41) is 0. The van der Waals surface area contributed by atoms with E-state index in [0.29, 0.717) is 0 Å². The van der Waals surface area contributed by atoms with Crippen molar-refractivity contribution >= 4 is 0 Å². The zero-order valence-electron chi connectivity index (χ0n) is 12.3. The van der Waals surface area contributed by atoms with E-state index >= 15 is 0 Å². The van der Waals surface area contributed by atoms with Gasteiger partial charge in [0.15, 0.2) is 0 Å². The first-order valence-corrected chi connectivity index (χ1v) is 6.65. The zero-order chi connectivity index (χ0) is 13.5. The van der Waals surface area contributed by atoms with E-state index in [1.54, 1.807) is 0 Å². The molecule has 0 saturated heterocycles. The highest BCUT2D eigenvalue weighted by atomic mass is 13.9. The van der Waals surface area contributed by atoms with Gasteiger partial charge in [-0.1, -0.05) is 49.3 Å². The molecule has 0 aliphatic carbocycles. The summed E-state index contributed by atoms with van der Waals surface area (Å²) in [6, 6.07) is 0. The maximum Gasteiger partial charge on any atom is -0.0169 e. The molecule has 0 bridgehead atoms. The van der Waals surface area contributed by atoms with Gasteiger partial charge in [0.1, 0.15) is 0 Å². The lowest BCUT2D eigenvalue weighted by atomic mass is 10.1. The van der Waals surface area contributed by atoms with Gasteiger partial charge in [0.25, 0.3) is 0 Å². The van der Waals surface area contributed by atoms with Gasteiger partial charge in [0, 0.05) is 0 Å². The van der Waals surface area contributed by atoms with Gasteiger partial charge in [-0.3, -0.25) is 0 Å². The van der Waals surface area contributed by atoms with Crippen LogP contribution in [-0.4, -0.2) is 0 Å². The topological polar surface area (TPSA) is 0 Å². The molecule has 0 saturated carbocycles. The van der Waals surface area contributed by atoms with Crippen LogP contribution in [0.25, 0.3) is 0 Å². The number of rotatable bonds is 7. The molecule has 17 heavy (non-hydrogen) atoms. The Bertz CT molecular complexity index is 241. The standard InChI is InChI=1S/C9H16.C8H14/c1-4-6-8-9(3)7-5-2;1-4-6-7-8(3)5-2/h4,7H,1,5-6,8H2,2-3H3;4,7H,1,5-6H2,2-3H3. The first-order valence-electron chi connectivity index (χ1n) is 6.65. The average Bonchev–Trinajstić information content (AvgIpc) is 2.34. The fourth-order valence-electron chi connectivity index (χ4n) is 1.21. The van der Waals surface area contributed by atoms with Crippen molar-refractivity contribution in [2.45, 2.75) is 59.8 Å². The Hall–Kier alpha value is -1.04. The van der Waals surface area contributed by atoms with Crippen molar-refractivity contribution in [1.82, 2.24) is 0 Å². The van der Waals surface area contributed by atoms with Crippen molar-refractivity contribution in [3.05, 3.63) is 48.6 Å². The third kappa shape index (κ3) is 17.6. The molecule has 0 fully saturated rings. The summed E-state index contributed by atoms with van der Waals surface area (Å²) in [6.45, 7) is 15.9. The van der Waals surface area contributed by atoms with Crippen LogP contribution in [0.4, 0.5) is 0 Å². The minimum atomic E-state index is 1.01. The second-order valence-corrected chi connectivity index (χ2v) is 4.21. The molecule has 0 unspecified atom stereocenters. The van der Waals surface area contributed by atoms with Gasteiger partial charge in [0.2, 0.25) is 0 Å². The SMILES string of the molecule is C=CCC=C(C)CC.C=CCCC(C)=CCC. The smallest absolute Gasteiger partial charge is 0.0169 e. The van der Waals surface area contributed by atoms with Gasteiger partial charge in [-0.2, -0.15) is 0 Å². The molecule has 0 N–H and O–H groups in total. The molecule has 0 spiro atoms. The second kappa shape index (κ2) is 15.0. The van der Waals surface area contributed by atoms with Crippen LogP contribution < -0.4 is 0 Å². The van der Waals surface area contributed by atoms with Gasteiger partial charge in [-0.05, 0) is 46.0 Å². The minimum Gasteiger partial charge on any atom is -0.103 e. The van der Waals surface area contributed by atoms with E-state index < -0.39 is 0 Å². The number of hydrogen-bond acceptors (Lipinski definition) is 0. The highest BCUT2D eigenvalue weighted by Crippen LogP contribution is 2.04. The molecule has 0 aliphatic heterocycles. The fraction of sp³-hybridized carbons (Fsp3) is 0.529. The molecule has 0 atom stereocenters. The van der Waals surface area contributed by atoms with Crippen LogP contribution in [0, 0.1) is 0 Å². The Morgan fingerprint density at radius 2 is 1.59 bits per heavy atom. The molecule has 0 aliphatic rings. The summed E-state index contributed by atoms with van der Waals surface area (Å²) in [7, 11) is 0. The quantitative estimate of drug-likeness (QED) is 0.458. The lowest BCUT2D eigenvalue weighted by molar-refractivity contribution is 0.963. The maximum absolute atomic E-state index is 3.67. The minimum absolute atomic E-state index is 1.01. The van der Waals surface area contributed by atoms with Crippen LogP contribution in [0.2, 0.25) is 0 Å². The van der Waals surface area contributed by atoms with Gasteiger partial charge in [-0.15, -0.1) is 13.2 Å². The van der Waals surface area contributed by atoms with E-state index in [2.05, 4.69) is 53.0 Å². The van der Waals surface area contributed by atoms with Crippen molar-refractivity contribution in [1.29, 1.82) is 0 Å². The summed E-state index contributed by atoms with van der Waals surface area (Å²) >= 11 is 0. The van der Waals surface area contributed by atoms with Crippen molar-refractivity contribution in [2.75, 3.05) is 0 Å². The molecule has 0 aromatic heterocycles. The summed E-state index contributed by atoms with van der Waals surface area (Å²) in [5.74, 6) is 0. The van der Waals surface area contributed by atoms with Gasteiger partial charge in [-0.25, -0.2) is 0 Å². The van der Waals surface area contributed by atoms with E-state index in [4.69, 9.17) is 0 Å². The summed E-state index contributed by atoms with van der Waals surface area (Å²) in [5.41, 5.74) is 2.93. The largest absolute Gasteiger partial charge is 0.103 e. The van der Waals surface area contributed by atoms with Crippen LogP contribution in [0.1, 0.15) is 59.8 Å². The van der Waals surface area contributed by atoms with Gasteiger partial charge >= 0.3 is 0 Å². The second-order valence-electron chi connectivity index (χ2n) is 4.21. The van der Waals surface area contributed by atoms with E-state index in [1.165, 1.54) is 17.6 Å².